The van der Waals surface area contributed by atoms with Gasteiger partial charge >= 0.3 is 5.97 Å². The van der Waals surface area contributed by atoms with E-state index in [9.17, 15) is 14.0 Å². The van der Waals surface area contributed by atoms with Crippen LogP contribution in [0.4, 0.5) is 10.1 Å². The second-order valence-corrected chi connectivity index (χ2v) is 6.20. The number of nitrogens with one attached hydrogen (secondary N) is 1. The van der Waals surface area contributed by atoms with Gasteiger partial charge in [0.2, 0.25) is 6.79 Å². The first-order valence-corrected chi connectivity index (χ1v) is 8.17. The van der Waals surface area contributed by atoms with Gasteiger partial charge in [0.05, 0.1) is 16.3 Å². The van der Waals surface area contributed by atoms with E-state index in [-0.39, 0.29) is 28.1 Å². The van der Waals surface area contributed by atoms with Crippen LogP contribution in [0.5, 0.6) is 11.5 Å². The number of carbonyl (C=O) groups excluding carboxylic acids is 2. The molecule has 0 aliphatic carbocycles. The van der Waals surface area contributed by atoms with Crippen molar-refractivity contribution in [2.45, 2.75) is 13.0 Å². The summed E-state index contributed by atoms with van der Waals surface area (Å²) >= 11 is 11.7. The van der Waals surface area contributed by atoms with Crippen LogP contribution < -0.4 is 14.8 Å². The van der Waals surface area contributed by atoms with Crippen molar-refractivity contribution in [3.05, 3.63) is 51.8 Å². The summed E-state index contributed by atoms with van der Waals surface area (Å²) in [6.07, 6.45) is -1.18. The Morgan fingerprint density at radius 1 is 1.23 bits per heavy atom. The summed E-state index contributed by atoms with van der Waals surface area (Å²) < 4.78 is 29.2. The van der Waals surface area contributed by atoms with E-state index >= 15 is 0 Å². The Labute approximate surface area is 157 Å². The average Bonchev–Trinajstić information content (AvgIpc) is 3.06. The van der Waals surface area contributed by atoms with Crippen LogP contribution in [0, 0.1) is 5.82 Å². The van der Waals surface area contributed by atoms with Crippen molar-refractivity contribution < 1.29 is 28.2 Å². The molecule has 1 N–H and O–H groups in total. The zero-order chi connectivity index (χ0) is 18.8. The molecular weight excluding hydrogens is 388 g/mol. The van der Waals surface area contributed by atoms with Gasteiger partial charge in [0.1, 0.15) is 5.82 Å². The molecule has 1 amide bonds. The molecule has 1 heterocycles. The minimum absolute atomic E-state index is 0.000973. The van der Waals surface area contributed by atoms with Gasteiger partial charge in [-0.1, -0.05) is 23.2 Å². The summed E-state index contributed by atoms with van der Waals surface area (Å²) in [7, 11) is 0. The molecule has 0 radical (unpaired) electrons. The fourth-order valence-corrected chi connectivity index (χ4v) is 2.62. The molecule has 0 saturated carbocycles. The number of benzene rings is 2. The smallest absolute Gasteiger partial charge is 0.339 e. The van der Waals surface area contributed by atoms with Gasteiger partial charge in [-0.05, 0) is 37.3 Å². The molecule has 2 aromatic carbocycles. The third kappa shape index (κ3) is 3.84. The van der Waals surface area contributed by atoms with E-state index in [0.717, 1.165) is 6.07 Å². The van der Waals surface area contributed by atoms with Crippen LogP contribution >= 0.6 is 23.2 Å². The van der Waals surface area contributed by atoms with Crippen LogP contribution in [0.3, 0.4) is 0 Å². The van der Waals surface area contributed by atoms with E-state index in [0.29, 0.717) is 11.5 Å². The molecule has 1 aliphatic rings. The largest absolute Gasteiger partial charge is 0.454 e. The number of esters is 1. The van der Waals surface area contributed by atoms with Crippen molar-refractivity contribution in [3.8, 4) is 11.5 Å². The summed E-state index contributed by atoms with van der Waals surface area (Å²) in [4.78, 5) is 24.3. The van der Waals surface area contributed by atoms with Crippen molar-refractivity contribution in [3.63, 3.8) is 0 Å². The molecule has 2 aromatic rings. The molecule has 0 spiro atoms. The maximum Gasteiger partial charge on any atom is 0.339 e. The van der Waals surface area contributed by atoms with Gasteiger partial charge in [0, 0.05) is 5.02 Å². The molecule has 0 fully saturated rings. The Balaban J connectivity index is 1.67. The van der Waals surface area contributed by atoms with E-state index in [1.807, 2.05) is 0 Å². The molecule has 0 saturated heterocycles. The van der Waals surface area contributed by atoms with E-state index in [4.69, 9.17) is 37.4 Å². The van der Waals surface area contributed by atoms with Crippen molar-refractivity contribution in [1.82, 2.24) is 0 Å². The van der Waals surface area contributed by atoms with Gasteiger partial charge in [-0.15, -0.1) is 0 Å². The Morgan fingerprint density at radius 3 is 2.73 bits per heavy atom. The van der Waals surface area contributed by atoms with Crippen LogP contribution in [0.2, 0.25) is 10.0 Å². The average molecular weight is 400 g/mol. The molecule has 6 nitrogen and oxygen atoms in total. The zero-order valence-corrected chi connectivity index (χ0v) is 14.9. The summed E-state index contributed by atoms with van der Waals surface area (Å²) in [6, 6.07) is 6.54. The highest BCUT2D eigenvalue weighted by molar-refractivity contribution is 6.32. The predicted octanol–water partition coefficient (Wildman–Crippen LogP) is 4.05. The molecule has 0 aromatic heterocycles. The van der Waals surface area contributed by atoms with Gasteiger partial charge in [0.25, 0.3) is 5.91 Å². The van der Waals surface area contributed by atoms with Gasteiger partial charge in [-0.25, -0.2) is 9.18 Å². The highest BCUT2D eigenvalue weighted by atomic mass is 35.5. The lowest BCUT2D eigenvalue weighted by molar-refractivity contribution is -0.123. The van der Waals surface area contributed by atoms with E-state index in [1.165, 1.54) is 31.2 Å². The number of fused-ring (bicyclic) bond motifs is 1. The number of rotatable bonds is 4. The summed E-state index contributed by atoms with van der Waals surface area (Å²) in [5.74, 6) is -1.54. The summed E-state index contributed by atoms with van der Waals surface area (Å²) in [5, 5.41) is 2.71. The van der Waals surface area contributed by atoms with Crippen molar-refractivity contribution in [2.75, 3.05) is 12.1 Å². The fourth-order valence-electron chi connectivity index (χ4n) is 2.19. The van der Waals surface area contributed by atoms with Crippen LogP contribution in [-0.4, -0.2) is 24.8 Å². The molecule has 1 atom stereocenters. The molecule has 0 unspecified atom stereocenters. The third-order valence-corrected chi connectivity index (χ3v) is 4.02. The van der Waals surface area contributed by atoms with E-state index in [1.54, 1.807) is 0 Å². The maximum absolute atomic E-state index is 13.7. The lowest BCUT2D eigenvalue weighted by atomic mass is 10.2. The SMILES string of the molecule is C[C@H](OC(=O)c1cc(Cl)c2c(c1)OCO2)C(=O)Nc1ccc(Cl)cc1F. The normalized spacial score (nSPS) is 13.2. The number of halogens is 3. The quantitative estimate of drug-likeness (QED) is 0.785. The first-order valence-electron chi connectivity index (χ1n) is 7.41. The van der Waals surface area contributed by atoms with Crippen LogP contribution in [0.1, 0.15) is 17.3 Å². The molecule has 0 bridgehead atoms. The van der Waals surface area contributed by atoms with Gasteiger partial charge in [-0.2, -0.15) is 0 Å². The number of amides is 1. The number of hydrogen-bond acceptors (Lipinski definition) is 5. The molecule has 1 aliphatic heterocycles. The third-order valence-electron chi connectivity index (χ3n) is 3.50. The van der Waals surface area contributed by atoms with Crippen LogP contribution in [-0.2, 0) is 9.53 Å². The second-order valence-electron chi connectivity index (χ2n) is 5.35. The van der Waals surface area contributed by atoms with Crippen molar-refractivity contribution in [1.29, 1.82) is 0 Å². The molecule has 26 heavy (non-hydrogen) atoms. The summed E-state index contributed by atoms with van der Waals surface area (Å²) in [5.41, 5.74) is 0.0185. The van der Waals surface area contributed by atoms with E-state index < -0.39 is 23.8 Å². The molecule has 9 heteroatoms. The minimum atomic E-state index is -1.18. The van der Waals surface area contributed by atoms with Crippen LogP contribution in [0.25, 0.3) is 0 Å². The number of anilines is 1. The topological polar surface area (TPSA) is 73.9 Å². The molecular formula is C17H12Cl2FNO5. The monoisotopic (exact) mass is 399 g/mol. The highest BCUT2D eigenvalue weighted by Crippen LogP contribution is 2.40. The highest BCUT2D eigenvalue weighted by Gasteiger charge is 2.24. The first kappa shape index (κ1) is 18.3. The number of hydrogen-bond donors (Lipinski definition) is 1. The van der Waals surface area contributed by atoms with Crippen molar-refractivity contribution >= 4 is 40.8 Å². The Hall–Kier alpha value is -2.51. The predicted molar refractivity (Wildman–Crippen MR) is 92.5 cm³/mol. The van der Waals surface area contributed by atoms with Gasteiger partial charge in [0.15, 0.2) is 17.6 Å². The van der Waals surface area contributed by atoms with E-state index in [2.05, 4.69) is 5.32 Å². The second kappa shape index (κ2) is 7.39. The van der Waals surface area contributed by atoms with Gasteiger partial charge < -0.3 is 19.5 Å². The Bertz CT molecular complexity index is 890. The fraction of sp³-hybridized carbons (Fsp3) is 0.176. The Kier molecular flexibility index (Phi) is 5.20. The lowest BCUT2D eigenvalue weighted by Gasteiger charge is -2.14. The Morgan fingerprint density at radius 2 is 2.00 bits per heavy atom. The van der Waals surface area contributed by atoms with Gasteiger partial charge in [-0.3, -0.25) is 4.79 Å². The molecule has 3 rings (SSSR count). The maximum atomic E-state index is 13.7. The van der Waals surface area contributed by atoms with Crippen molar-refractivity contribution in [2.24, 2.45) is 0 Å². The molecule has 136 valence electrons. The lowest BCUT2D eigenvalue weighted by Crippen LogP contribution is -2.30. The van der Waals surface area contributed by atoms with Crippen LogP contribution in [0.15, 0.2) is 30.3 Å². The first-order chi connectivity index (χ1) is 12.3. The number of ether oxygens (including phenoxy) is 3. The number of carbonyl (C=O) groups is 2. The standard InChI is InChI=1S/C17H12Cl2FNO5/c1-8(16(22)21-13-3-2-10(18)6-12(13)20)26-17(23)9-4-11(19)15-14(5-9)24-7-25-15/h2-6,8H,7H2,1H3,(H,21,22)/t8-/m0/s1. The zero-order valence-electron chi connectivity index (χ0n) is 13.3. The minimum Gasteiger partial charge on any atom is -0.454 e. The summed E-state index contributed by atoms with van der Waals surface area (Å²) in [6.45, 7) is 1.36.